The van der Waals surface area contributed by atoms with Gasteiger partial charge >= 0.3 is 6.18 Å². The Hall–Kier alpha value is -1.46. The Morgan fingerprint density at radius 2 is 1.90 bits per heavy atom. The molecule has 6 heteroatoms. The van der Waals surface area contributed by atoms with Gasteiger partial charge in [0.2, 0.25) is 5.88 Å². The Kier molecular flexibility index (Phi) is 4.96. The number of aromatic nitrogens is 1. The van der Waals surface area contributed by atoms with Gasteiger partial charge in [0.05, 0.1) is 5.56 Å². The lowest BCUT2D eigenvalue weighted by atomic mass is 9.89. The summed E-state index contributed by atoms with van der Waals surface area (Å²) >= 11 is 0. The first-order valence-corrected chi connectivity index (χ1v) is 7.38. The third kappa shape index (κ3) is 4.51. The molecule has 0 spiro atoms. The summed E-state index contributed by atoms with van der Waals surface area (Å²) in [5.74, 6) is 0.920. The van der Waals surface area contributed by atoms with Crippen LogP contribution in [0.3, 0.4) is 0 Å². The maximum Gasteiger partial charge on any atom is 0.416 e. The van der Waals surface area contributed by atoms with Crippen molar-refractivity contribution in [2.75, 3.05) is 11.9 Å². The van der Waals surface area contributed by atoms with E-state index in [4.69, 9.17) is 4.74 Å². The molecule has 3 nitrogen and oxygen atoms in total. The fraction of sp³-hybridized carbons (Fsp3) is 0.667. The maximum atomic E-state index is 12.9. The quantitative estimate of drug-likeness (QED) is 0.890. The molecule has 0 amide bonds. The normalized spacial score (nSPS) is 22.9. The second-order valence-electron chi connectivity index (χ2n) is 5.61. The fourth-order valence-corrected chi connectivity index (χ4v) is 2.52. The van der Waals surface area contributed by atoms with Crippen molar-refractivity contribution in [3.8, 4) is 5.88 Å². The predicted molar refractivity (Wildman–Crippen MR) is 75.5 cm³/mol. The highest BCUT2D eigenvalue weighted by molar-refractivity contribution is 5.42. The van der Waals surface area contributed by atoms with Gasteiger partial charge < -0.3 is 10.1 Å². The smallest absolute Gasteiger partial charge is 0.416 e. The number of rotatable bonds is 4. The molecule has 0 unspecified atom stereocenters. The van der Waals surface area contributed by atoms with Crippen molar-refractivity contribution in [1.82, 2.24) is 4.98 Å². The number of hydrogen-bond acceptors (Lipinski definition) is 3. The average molecular weight is 302 g/mol. The third-order valence-corrected chi connectivity index (χ3v) is 3.74. The first kappa shape index (κ1) is 15.9. The zero-order chi connectivity index (χ0) is 15.5. The molecule has 0 radical (unpaired) electrons. The topological polar surface area (TPSA) is 34.1 Å². The molecule has 1 N–H and O–H groups in total. The number of halogens is 3. The van der Waals surface area contributed by atoms with E-state index in [0.29, 0.717) is 12.5 Å². The van der Waals surface area contributed by atoms with Gasteiger partial charge in [-0.2, -0.15) is 18.2 Å². The Balaban J connectivity index is 2.15. The van der Waals surface area contributed by atoms with E-state index in [0.717, 1.165) is 37.8 Å². The molecule has 0 saturated heterocycles. The molecule has 0 aromatic carbocycles. The number of anilines is 1. The maximum absolute atomic E-state index is 12.9. The van der Waals surface area contributed by atoms with Crippen molar-refractivity contribution in [2.24, 2.45) is 5.92 Å². The van der Waals surface area contributed by atoms with Gasteiger partial charge in [-0.05, 0) is 44.6 Å². The standard InChI is InChI=1S/C15H21F3N2O/c1-3-19-13-8-11(15(16,17)18)9-14(20-13)21-12-6-4-10(2)5-7-12/h8-10,12H,3-7H2,1-2H3,(H,19,20). The van der Waals surface area contributed by atoms with Gasteiger partial charge in [-0.15, -0.1) is 0 Å². The minimum absolute atomic E-state index is 0.0355. The average Bonchev–Trinajstić information content (AvgIpc) is 2.41. The van der Waals surface area contributed by atoms with Crippen LogP contribution in [0.15, 0.2) is 12.1 Å². The predicted octanol–water partition coefficient (Wildman–Crippen LogP) is 4.49. The molecule has 0 bridgehead atoms. The lowest BCUT2D eigenvalue weighted by Gasteiger charge is -2.26. The van der Waals surface area contributed by atoms with Crippen molar-refractivity contribution < 1.29 is 17.9 Å². The second-order valence-corrected chi connectivity index (χ2v) is 5.61. The molecule has 2 rings (SSSR count). The Morgan fingerprint density at radius 1 is 1.24 bits per heavy atom. The number of pyridine rings is 1. The molecule has 0 aliphatic heterocycles. The van der Waals surface area contributed by atoms with Gasteiger partial charge in [-0.25, -0.2) is 0 Å². The second kappa shape index (κ2) is 6.54. The summed E-state index contributed by atoms with van der Waals surface area (Å²) in [5, 5.41) is 2.81. The first-order chi connectivity index (χ1) is 9.88. The molecule has 118 valence electrons. The number of nitrogens with one attached hydrogen (secondary N) is 1. The van der Waals surface area contributed by atoms with E-state index in [9.17, 15) is 13.2 Å². The summed E-state index contributed by atoms with van der Waals surface area (Å²) in [7, 11) is 0. The summed E-state index contributed by atoms with van der Waals surface area (Å²) in [6.45, 7) is 4.50. The largest absolute Gasteiger partial charge is 0.474 e. The minimum Gasteiger partial charge on any atom is -0.474 e. The van der Waals surface area contributed by atoms with Gasteiger partial charge in [-0.1, -0.05) is 6.92 Å². The van der Waals surface area contributed by atoms with Crippen molar-refractivity contribution in [1.29, 1.82) is 0 Å². The summed E-state index contributed by atoms with van der Waals surface area (Å²) < 4.78 is 44.4. The van der Waals surface area contributed by atoms with Crippen LogP contribution in [0.5, 0.6) is 5.88 Å². The van der Waals surface area contributed by atoms with Crippen LogP contribution in [0.25, 0.3) is 0 Å². The summed E-state index contributed by atoms with van der Waals surface area (Å²) in [6, 6.07) is 2.00. The number of hydrogen-bond donors (Lipinski definition) is 1. The van der Waals surface area contributed by atoms with Crippen LogP contribution < -0.4 is 10.1 Å². The highest BCUT2D eigenvalue weighted by atomic mass is 19.4. The fourth-order valence-electron chi connectivity index (χ4n) is 2.52. The summed E-state index contributed by atoms with van der Waals surface area (Å²) in [4.78, 5) is 4.12. The molecule has 0 atom stereocenters. The number of alkyl halides is 3. The molecule has 1 saturated carbocycles. The van der Waals surface area contributed by atoms with Gasteiger partial charge in [0.1, 0.15) is 11.9 Å². The molecule has 1 aromatic heterocycles. The van der Waals surface area contributed by atoms with Crippen molar-refractivity contribution in [3.63, 3.8) is 0 Å². The van der Waals surface area contributed by atoms with E-state index in [1.54, 1.807) is 0 Å². The highest BCUT2D eigenvalue weighted by Crippen LogP contribution is 2.34. The molecule has 1 fully saturated rings. The van der Waals surface area contributed by atoms with Gasteiger partial charge in [0.15, 0.2) is 0 Å². The van der Waals surface area contributed by atoms with E-state index in [-0.39, 0.29) is 17.8 Å². The molecule has 21 heavy (non-hydrogen) atoms. The van der Waals surface area contributed by atoms with E-state index < -0.39 is 11.7 Å². The van der Waals surface area contributed by atoms with Crippen LogP contribution in [0.4, 0.5) is 19.0 Å². The molecular weight excluding hydrogens is 281 g/mol. The van der Waals surface area contributed by atoms with Crippen LogP contribution in [0.1, 0.15) is 45.1 Å². The van der Waals surface area contributed by atoms with E-state index in [1.807, 2.05) is 6.92 Å². The Bertz CT molecular complexity index is 468. The van der Waals surface area contributed by atoms with Crippen LogP contribution in [-0.4, -0.2) is 17.6 Å². The Labute approximate surface area is 122 Å². The number of ether oxygens (including phenoxy) is 1. The zero-order valence-electron chi connectivity index (χ0n) is 12.3. The van der Waals surface area contributed by atoms with Crippen molar-refractivity contribution in [2.45, 2.75) is 51.8 Å². The van der Waals surface area contributed by atoms with Gasteiger partial charge in [-0.3, -0.25) is 0 Å². The summed E-state index contributed by atoms with van der Waals surface area (Å²) in [5.41, 5.74) is -0.729. The van der Waals surface area contributed by atoms with E-state index >= 15 is 0 Å². The number of nitrogens with zero attached hydrogens (tertiary/aromatic N) is 1. The monoisotopic (exact) mass is 302 g/mol. The van der Waals surface area contributed by atoms with E-state index in [1.165, 1.54) is 0 Å². The van der Waals surface area contributed by atoms with Crippen LogP contribution in [0, 0.1) is 5.92 Å². The van der Waals surface area contributed by atoms with E-state index in [2.05, 4.69) is 17.2 Å². The lowest BCUT2D eigenvalue weighted by molar-refractivity contribution is -0.137. The molecule has 1 aliphatic carbocycles. The van der Waals surface area contributed by atoms with Crippen LogP contribution >= 0.6 is 0 Å². The van der Waals surface area contributed by atoms with Gasteiger partial charge in [0, 0.05) is 12.6 Å². The molecule has 1 aromatic rings. The van der Waals surface area contributed by atoms with Crippen LogP contribution in [-0.2, 0) is 6.18 Å². The first-order valence-electron chi connectivity index (χ1n) is 7.38. The summed E-state index contributed by atoms with van der Waals surface area (Å²) in [6.07, 6.45) is -0.600. The SMILES string of the molecule is CCNc1cc(C(F)(F)F)cc(OC2CCC(C)CC2)n1. The molecular formula is C15H21F3N2O. The highest BCUT2D eigenvalue weighted by Gasteiger charge is 2.32. The molecule has 1 aliphatic rings. The zero-order valence-corrected chi connectivity index (χ0v) is 12.3. The van der Waals surface area contributed by atoms with Crippen molar-refractivity contribution in [3.05, 3.63) is 17.7 Å². The third-order valence-electron chi connectivity index (χ3n) is 3.74. The minimum atomic E-state index is -4.40. The van der Waals surface area contributed by atoms with Gasteiger partial charge in [0.25, 0.3) is 0 Å². The van der Waals surface area contributed by atoms with Crippen LogP contribution in [0.2, 0.25) is 0 Å². The Morgan fingerprint density at radius 3 is 2.48 bits per heavy atom. The molecule has 1 heterocycles. The van der Waals surface area contributed by atoms with Crippen molar-refractivity contribution >= 4 is 5.82 Å². The lowest BCUT2D eigenvalue weighted by Crippen LogP contribution is -2.23.